The maximum absolute atomic E-state index is 13.7. The predicted octanol–water partition coefficient (Wildman–Crippen LogP) is 3.15. The topological polar surface area (TPSA) is 53.6 Å². The Kier molecular flexibility index (Phi) is 3.18. The van der Waals surface area contributed by atoms with Crippen LogP contribution in [0.2, 0.25) is 5.02 Å². The quantitative estimate of drug-likeness (QED) is 0.843. The van der Waals surface area contributed by atoms with Crippen molar-refractivity contribution in [2.24, 2.45) is 0 Å². The molecule has 118 valence electrons. The van der Waals surface area contributed by atoms with Crippen LogP contribution in [0.4, 0.5) is 14.9 Å². The molecule has 1 atom stereocenters. The van der Waals surface area contributed by atoms with Gasteiger partial charge in [-0.15, -0.1) is 0 Å². The molecule has 2 amide bonds. The molecule has 7 heteroatoms. The number of hydrazine groups is 1. The molecule has 2 aromatic carbocycles. The van der Waals surface area contributed by atoms with Gasteiger partial charge in [0.15, 0.2) is 0 Å². The minimum atomic E-state index is -0.883. The first-order valence-corrected chi connectivity index (χ1v) is 7.54. The van der Waals surface area contributed by atoms with Crippen molar-refractivity contribution in [1.82, 2.24) is 10.7 Å². The molecule has 0 bridgehead atoms. The average Bonchev–Trinajstić information content (AvgIpc) is 2.86. The highest BCUT2D eigenvalue weighted by molar-refractivity contribution is 6.30. The third-order valence-corrected chi connectivity index (χ3v) is 4.30. The van der Waals surface area contributed by atoms with E-state index in [0.29, 0.717) is 35.1 Å². The second kappa shape index (κ2) is 5.11. The monoisotopic (exact) mass is 333 g/mol. The summed E-state index contributed by atoms with van der Waals surface area (Å²) in [5, 5.41) is 4.90. The van der Waals surface area contributed by atoms with Gasteiger partial charge in [0.1, 0.15) is 17.2 Å². The molecule has 0 aliphatic carbocycles. The minimum absolute atomic E-state index is 0.315. The van der Waals surface area contributed by atoms with E-state index in [1.807, 2.05) is 0 Å². The molecule has 0 radical (unpaired) electrons. The van der Waals surface area contributed by atoms with Crippen molar-refractivity contribution in [3.8, 4) is 5.75 Å². The number of amides is 2. The highest BCUT2D eigenvalue weighted by Crippen LogP contribution is 2.38. The Morgan fingerprint density at radius 3 is 2.78 bits per heavy atom. The van der Waals surface area contributed by atoms with Gasteiger partial charge in [-0.1, -0.05) is 11.6 Å². The van der Waals surface area contributed by atoms with Crippen molar-refractivity contribution in [2.45, 2.75) is 12.1 Å². The van der Waals surface area contributed by atoms with Crippen LogP contribution >= 0.6 is 11.6 Å². The standard InChI is InChI=1S/C16H13ClFN3O2/c17-10-1-4-12(5-2-10)21-15(22)19-16(20-21)7-8-23-14-6-3-11(18)9-13(14)16/h1-6,9,20H,7-8H2,(H,19,22). The molecule has 1 saturated heterocycles. The molecule has 1 unspecified atom stereocenters. The molecule has 2 N–H and O–H groups in total. The van der Waals surface area contributed by atoms with Crippen molar-refractivity contribution in [3.63, 3.8) is 0 Å². The Bertz CT molecular complexity index is 783. The molecule has 2 aliphatic heterocycles. The third-order valence-electron chi connectivity index (χ3n) is 4.05. The summed E-state index contributed by atoms with van der Waals surface area (Å²) in [5.74, 6) is 0.179. The number of nitrogens with zero attached hydrogens (tertiary/aromatic N) is 1. The van der Waals surface area contributed by atoms with Gasteiger partial charge < -0.3 is 10.1 Å². The smallest absolute Gasteiger partial charge is 0.338 e. The summed E-state index contributed by atoms with van der Waals surface area (Å²) in [6.07, 6.45) is 0.485. The molecule has 2 aliphatic rings. The van der Waals surface area contributed by atoms with Gasteiger partial charge in [-0.3, -0.25) is 0 Å². The molecule has 0 saturated carbocycles. The van der Waals surface area contributed by atoms with Crippen LogP contribution < -0.4 is 20.5 Å². The highest BCUT2D eigenvalue weighted by Gasteiger charge is 2.47. The zero-order valence-electron chi connectivity index (χ0n) is 12.0. The highest BCUT2D eigenvalue weighted by atomic mass is 35.5. The van der Waals surface area contributed by atoms with Crippen molar-refractivity contribution in [2.75, 3.05) is 11.6 Å². The van der Waals surface area contributed by atoms with Crippen molar-refractivity contribution < 1.29 is 13.9 Å². The summed E-state index contributed by atoms with van der Waals surface area (Å²) < 4.78 is 19.2. The number of carbonyl (C=O) groups excluding carboxylic acids is 1. The Morgan fingerprint density at radius 2 is 2.00 bits per heavy atom. The number of benzene rings is 2. The first-order valence-electron chi connectivity index (χ1n) is 7.16. The van der Waals surface area contributed by atoms with Crippen molar-refractivity contribution >= 4 is 23.3 Å². The van der Waals surface area contributed by atoms with Crippen LogP contribution in [0.1, 0.15) is 12.0 Å². The second-order valence-electron chi connectivity index (χ2n) is 5.50. The molecule has 0 aromatic heterocycles. The lowest BCUT2D eigenvalue weighted by atomic mass is 9.94. The number of halogens is 2. The van der Waals surface area contributed by atoms with Gasteiger partial charge in [-0.05, 0) is 42.5 Å². The Balaban J connectivity index is 1.74. The molecule has 1 spiro atoms. The molecular weight excluding hydrogens is 321 g/mol. The van der Waals surface area contributed by atoms with Crippen LogP contribution in [-0.4, -0.2) is 12.6 Å². The SMILES string of the molecule is O=C1NC2(CCOc3ccc(F)cc32)NN1c1ccc(Cl)cc1. The van der Waals surface area contributed by atoms with E-state index in [0.717, 1.165) is 0 Å². The third kappa shape index (κ3) is 2.31. The van der Waals surface area contributed by atoms with E-state index in [4.69, 9.17) is 16.3 Å². The zero-order chi connectivity index (χ0) is 16.0. The van der Waals surface area contributed by atoms with E-state index in [-0.39, 0.29) is 11.8 Å². The zero-order valence-corrected chi connectivity index (χ0v) is 12.7. The van der Waals surface area contributed by atoms with Crippen LogP contribution in [0.3, 0.4) is 0 Å². The van der Waals surface area contributed by atoms with Gasteiger partial charge in [0.25, 0.3) is 0 Å². The number of hydrogen-bond donors (Lipinski definition) is 2. The van der Waals surface area contributed by atoms with Crippen LogP contribution in [-0.2, 0) is 5.66 Å². The fourth-order valence-corrected chi connectivity index (χ4v) is 3.06. The molecule has 2 aromatic rings. The number of anilines is 1. The van der Waals surface area contributed by atoms with Crippen LogP contribution in [0.15, 0.2) is 42.5 Å². The van der Waals surface area contributed by atoms with E-state index < -0.39 is 5.66 Å². The van der Waals surface area contributed by atoms with Crippen molar-refractivity contribution in [3.05, 3.63) is 58.9 Å². The molecule has 5 nitrogen and oxygen atoms in total. The largest absolute Gasteiger partial charge is 0.493 e. The van der Waals surface area contributed by atoms with Gasteiger partial charge in [0, 0.05) is 17.0 Å². The molecule has 4 rings (SSSR count). The lowest BCUT2D eigenvalue weighted by Crippen LogP contribution is -2.51. The Labute approximate surface area is 137 Å². The van der Waals surface area contributed by atoms with E-state index >= 15 is 0 Å². The van der Waals surface area contributed by atoms with Gasteiger partial charge in [0.05, 0.1) is 12.3 Å². The van der Waals surface area contributed by atoms with Crippen molar-refractivity contribution in [1.29, 1.82) is 0 Å². The van der Waals surface area contributed by atoms with E-state index in [9.17, 15) is 9.18 Å². The number of hydrogen-bond acceptors (Lipinski definition) is 3. The van der Waals surface area contributed by atoms with Gasteiger partial charge in [-0.25, -0.2) is 14.2 Å². The predicted molar refractivity (Wildman–Crippen MR) is 83.8 cm³/mol. The first kappa shape index (κ1) is 14.3. The van der Waals surface area contributed by atoms with Crippen LogP contribution in [0, 0.1) is 5.82 Å². The summed E-state index contributed by atoms with van der Waals surface area (Å²) in [4.78, 5) is 12.4. The summed E-state index contributed by atoms with van der Waals surface area (Å²) in [6.45, 7) is 0.417. The molecule has 23 heavy (non-hydrogen) atoms. The lowest BCUT2D eigenvalue weighted by Gasteiger charge is -2.35. The van der Waals surface area contributed by atoms with Gasteiger partial charge in [0.2, 0.25) is 0 Å². The van der Waals surface area contributed by atoms with Gasteiger partial charge in [-0.2, -0.15) is 5.43 Å². The normalized spacial score (nSPS) is 22.7. The Hall–Kier alpha value is -2.31. The summed E-state index contributed by atoms with van der Waals surface area (Å²) in [7, 11) is 0. The minimum Gasteiger partial charge on any atom is -0.493 e. The maximum Gasteiger partial charge on any atom is 0.338 e. The fraction of sp³-hybridized carbons (Fsp3) is 0.188. The number of nitrogens with one attached hydrogen (secondary N) is 2. The van der Waals surface area contributed by atoms with E-state index in [1.54, 1.807) is 30.3 Å². The molecule has 2 heterocycles. The number of ether oxygens (including phenoxy) is 1. The first-order chi connectivity index (χ1) is 11.1. The van der Waals surface area contributed by atoms with Crippen LogP contribution in [0.25, 0.3) is 0 Å². The number of carbonyl (C=O) groups is 1. The summed E-state index contributed by atoms with van der Waals surface area (Å²) >= 11 is 5.88. The summed E-state index contributed by atoms with van der Waals surface area (Å²) in [5.41, 5.74) is 3.50. The number of fused-ring (bicyclic) bond motifs is 2. The molecule has 1 fully saturated rings. The van der Waals surface area contributed by atoms with Gasteiger partial charge >= 0.3 is 6.03 Å². The average molecular weight is 334 g/mol. The second-order valence-corrected chi connectivity index (χ2v) is 5.93. The van der Waals surface area contributed by atoms with E-state index in [1.165, 1.54) is 17.1 Å². The number of urea groups is 1. The van der Waals surface area contributed by atoms with Crippen LogP contribution in [0.5, 0.6) is 5.75 Å². The maximum atomic E-state index is 13.7. The van der Waals surface area contributed by atoms with E-state index in [2.05, 4.69) is 10.7 Å². The lowest BCUT2D eigenvalue weighted by molar-refractivity contribution is 0.181. The fourth-order valence-electron chi connectivity index (χ4n) is 2.94. The molecular formula is C16H13ClFN3O2. The Morgan fingerprint density at radius 1 is 1.22 bits per heavy atom. The number of rotatable bonds is 1. The summed E-state index contributed by atoms with van der Waals surface area (Å²) in [6, 6.07) is 10.9.